The van der Waals surface area contributed by atoms with E-state index in [0.29, 0.717) is 11.1 Å². The van der Waals surface area contributed by atoms with Crippen molar-refractivity contribution in [3.63, 3.8) is 0 Å². The number of nitrogens with one attached hydrogen (secondary N) is 1. The number of carbonyl (C=O) groups is 1. The summed E-state index contributed by atoms with van der Waals surface area (Å²) in [6, 6.07) is 14.3. The zero-order valence-corrected chi connectivity index (χ0v) is 13.2. The molecule has 24 heavy (non-hydrogen) atoms. The Morgan fingerprint density at radius 1 is 1.33 bits per heavy atom. The highest BCUT2D eigenvalue weighted by Crippen LogP contribution is 2.19. The van der Waals surface area contributed by atoms with Gasteiger partial charge in [-0.15, -0.1) is 0 Å². The molecule has 2 aromatic rings. The number of rotatable bonds is 5. The molecule has 1 atom stereocenters. The van der Waals surface area contributed by atoms with Crippen LogP contribution in [0.15, 0.2) is 54.6 Å². The predicted molar refractivity (Wildman–Crippen MR) is 89.2 cm³/mol. The Labute approximate surface area is 139 Å². The standard InChI is InChI=1S/C19H17FN2O2/c1-19(24,16-6-8-17(20)9-7-16)13-22-18(23)10-5-14-3-2-4-15(11-14)12-21/h2-11,24H,13H2,1H3,(H,22,23)/b10-5+. The van der Waals surface area contributed by atoms with Crippen molar-refractivity contribution in [2.24, 2.45) is 0 Å². The van der Waals surface area contributed by atoms with Crippen LogP contribution in [0.2, 0.25) is 0 Å². The average Bonchev–Trinajstić information content (AvgIpc) is 2.59. The quantitative estimate of drug-likeness (QED) is 0.831. The second kappa shape index (κ2) is 7.53. The van der Waals surface area contributed by atoms with Crippen LogP contribution in [0.3, 0.4) is 0 Å². The topological polar surface area (TPSA) is 73.1 Å². The molecule has 0 aliphatic heterocycles. The Hall–Kier alpha value is -2.97. The van der Waals surface area contributed by atoms with Crippen LogP contribution in [0.1, 0.15) is 23.6 Å². The van der Waals surface area contributed by atoms with Crippen LogP contribution in [-0.2, 0) is 10.4 Å². The molecule has 0 spiro atoms. The van der Waals surface area contributed by atoms with Gasteiger partial charge in [-0.25, -0.2) is 4.39 Å². The molecule has 1 unspecified atom stereocenters. The van der Waals surface area contributed by atoms with E-state index in [2.05, 4.69) is 5.32 Å². The third-order valence-corrected chi connectivity index (χ3v) is 3.52. The van der Waals surface area contributed by atoms with Gasteiger partial charge in [-0.05, 0) is 48.4 Å². The van der Waals surface area contributed by atoms with Crippen LogP contribution in [0.25, 0.3) is 6.08 Å². The molecule has 0 aromatic heterocycles. The van der Waals surface area contributed by atoms with Gasteiger partial charge in [-0.1, -0.05) is 24.3 Å². The van der Waals surface area contributed by atoms with Crippen molar-refractivity contribution < 1.29 is 14.3 Å². The van der Waals surface area contributed by atoms with E-state index in [-0.39, 0.29) is 18.3 Å². The molecule has 0 bridgehead atoms. The fourth-order valence-electron chi connectivity index (χ4n) is 2.11. The highest BCUT2D eigenvalue weighted by Gasteiger charge is 2.23. The zero-order valence-electron chi connectivity index (χ0n) is 13.2. The molecule has 1 amide bonds. The van der Waals surface area contributed by atoms with E-state index in [1.54, 1.807) is 37.3 Å². The predicted octanol–water partition coefficient (Wildman–Crippen LogP) is 2.73. The normalized spacial score (nSPS) is 13.2. The molecule has 0 aliphatic carbocycles. The number of hydrogen-bond donors (Lipinski definition) is 2. The van der Waals surface area contributed by atoms with E-state index in [0.717, 1.165) is 5.56 Å². The summed E-state index contributed by atoms with van der Waals surface area (Å²) >= 11 is 0. The number of hydrogen-bond acceptors (Lipinski definition) is 3. The van der Waals surface area contributed by atoms with E-state index in [4.69, 9.17) is 5.26 Å². The van der Waals surface area contributed by atoms with Crippen molar-refractivity contribution in [1.29, 1.82) is 5.26 Å². The molecule has 122 valence electrons. The Bertz CT molecular complexity index is 790. The minimum Gasteiger partial charge on any atom is -0.384 e. The Kier molecular flexibility index (Phi) is 5.46. The van der Waals surface area contributed by atoms with Gasteiger partial charge in [0.1, 0.15) is 11.4 Å². The van der Waals surface area contributed by atoms with Crippen molar-refractivity contribution in [3.05, 3.63) is 77.1 Å². The Balaban J connectivity index is 1.95. The largest absolute Gasteiger partial charge is 0.384 e. The highest BCUT2D eigenvalue weighted by molar-refractivity contribution is 5.91. The van der Waals surface area contributed by atoms with Crippen molar-refractivity contribution in [2.75, 3.05) is 6.54 Å². The monoisotopic (exact) mass is 324 g/mol. The second-order valence-electron chi connectivity index (χ2n) is 5.57. The molecule has 2 N–H and O–H groups in total. The summed E-state index contributed by atoms with van der Waals surface area (Å²) in [5.41, 5.74) is 0.443. The first kappa shape index (κ1) is 17.4. The number of benzene rings is 2. The number of halogens is 1. The molecule has 0 heterocycles. The lowest BCUT2D eigenvalue weighted by atomic mass is 9.96. The first-order valence-corrected chi connectivity index (χ1v) is 7.35. The third kappa shape index (κ3) is 4.77. The van der Waals surface area contributed by atoms with Gasteiger partial charge < -0.3 is 10.4 Å². The third-order valence-electron chi connectivity index (χ3n) is 3.52. The van der Waals surface area contributed by atoms with Crippen molar-refractivity contribution in [1.82, 2.24) is 5.32 Å². The lowest BCUT2D eigenvalue weighted by Gasteiger charge is -2.23. The van der Waals surface area contributed by atoms with Gasteiger partial charge in [-0.2, -0.15) is 5.26 Å². The summed E-state index contributed by atoms with van der Waals surface area (Å²) in [7, 11) is 0. The number of carbonyl (C=O) groups excluding carboxylic acids is 1. The van der Waals surface area contributed by atoms with E-state index in [1.165, 1.54) is 30.3 Å². The summed E-state index contributed by atoms with van der Waals surface area (Å²) in [5, 5.41) is 21.8. The maximum absolute atomic E-state index is 12.9. The Morgan fingerprint density at radius 3 is 2.71 bits per heavy atom. The summed E-state index contributed by atoms with van der Waals surface area (Å²) < 4.78 is 12.9. The number of nitrogens with zero attached hydrogens (tertiary/aromatic N) is 1. The molecule has 5 heteroatoms. The summed E-state index contributed by atoms with van der Waals surface area (Å²) in [4.78, 5) is 11.9. The van der Waals surface area contributed by atoms with E-state index >= 15 is 0 Å². The average molecular weight is 324 g/mol. The summed E-state index contributed by atoms with van der Waals surface area (Å²) in [6.07, 6.45) is 2.92. The van der Waals surface area contributed by atoms with Crippen LogP contribution in [0, 0.1) is 17.1 Å². The lowest BCUT2D eigenvalue weighted by Crippen LogP contribution is -2.37. The van der Waals surface area contributed by atoms with Crippen molar-refractivity contribution in [3.8, 4) is 6.07 Å². The number of amides is 1. The van der Waals surface area contributed by atoms with Gasteiger partial charge in [0, 0.05) is 6.08 Å². The van der Waals surface area contributed by atoms with Crippen LogP contribution in [0.5, 0.6) is 0 Å². The molecule has 0 saturated carbocycles. The van der Waals surface area contributed by atoms with Gasteiger partial charge in [-0.3, -0.25) is 4.79 Å². The van der Waals surface area contributed by atoms with Crippen LogP contribution >= 0.6 is 0 Å². The smallest absolute Gasteiger partial charge is 0.244 e. The number of aliphatic hydroxyl groups is 1. The van der Waals surface area contributed by atoms with Crippen molar-refractivity contribution in [2.45, 2.75) is 12.5 Å². The van der Waals surface area contributed by atoms with E-state index < -0.39 is 5.60 Å². The molecule has 0 aliphatic rings. The maximum atomic E-state index is 12.9. The molecular weight excluding hydrogens is 307 g/mol. The van der Waals surface area contributed by atoms with Crippen LogP contribution in [-0.4, -0.2) is 17.6 Å². The van der Waals surface area contributed by atoms with Gasteiger partial charge in [0.2, 0.25) is 5.91 Å². The molecule has 2 rings (SSSR count). The molecule has 0 radical (unpaired) electrons. The SMILES string of the molecule is CC(O)(CNC(=O)/C=C/c1cccc(C#N)c1)c1ccc(F)cc1. The van der Waals surface area contributed by atoms with Gasteiger partial charge in [0.25, 0.3) is 0 Å². The second-order valence-corrected chi connectivity index (χ2v) is 5.57. The fraction of sp³-hybridized carbons (Fsp3) is 0.158. The molecular formula is C19H17FN2O2. The fourth-order valence-corrected chi connectivity index (χ4v) is 2.11. The zero-order chi connectivity index (χ0) is 17.6. The molecule has 2 aromatic carbocycles. The minimum atomic E-state index is -1.31. The van der Waals surface area contributed by atoms with Crippen LogP contribution < -0.4 is 5.32 Å². The van der Waals surface area contributed by atoms with E-state index in [9.17, 15) is 14.3 Å². The maximum Gasteiger partial charge on any atom is 0.244 e. The number of nitriles is 1. The van der Waals surface area contributed by atoms with Gasteiger partial charge >= 0.3 is 0 Å². The summed E-state index contributed by atoms with van der Waals surface area (Å²) in [6.45, 7) is 1.53. The van der Waals surface area contributed by atoms with Gasteiger partial charge in [0.15, 0.2) is 0 Å². The molecule has 0 fully saturated rings. The Morgan fingerprint density at radius 2 is 2.04 bits per heavy atom. The van der Waals surface area contributed by atoms with Gasteiger partial charge in [0.05, 0.1) is 18.2 Å². The van der Waals surface area contributed by atoms with Crippen LogP contribution in [0.4, 0.5) is 4.39 Å². The first-order chi connectivity index (χ1) is 11.4. The minimum absolute atomic E-state index is 0.0138. The van der Waals surface area contributed by atoms with Crippen molar-refractivity contribution >= 4 is 12.0 Å². The lowest BCUT2D eigenvalue weighted by molar-refractivity contribution is -0.117. The highest BCUT2D eigenvalue weighted by atomic mass is 19.1. The first-order valence-electron chi connectivity index (χ1n) is 7.35. The van der Waals surface area contributed by atoms with E-state index in [1.807, 2.05) is 6.07 Å². The molecule has 4 nitrogen and oxygen atoms in total. The molecule has 0 saturated heterocycles. The summed E-state index contributed by atoms with van der Waals surface area (Å²) in [5.74, 6) is -0.763.